The van der Waals surface area contributed by atoms with Gasteiger partial charge in [0.2, 0.25) is 0 Å². The minimum absolute atomic E-state index is 0.0403. The molecule has 6 heteroatoms. The summed E-state index contributed by atoms with van der Waals surface area (Å²) in [6.45, 7) is 0.335. The van der Waals surface area contributed by atoms with Crippen molar-refractivity contribution >= 4 is 23.2 Å². The summed E-state index contributed by atoms with van der Waals surface area (Å²) >= 11 is 11.6. The van der Waals surface area contributed by atoms with Crippen molar-refractivity contribution in [2.45, 2.75) is 6.54 Å². The van der Waals surface area contributed by atoms with Crippen molar-refractivity contribution in [3.63, 3.8) is 0 Å². The first-order valence-corrected chi connectivity index (χ1v) is 5.31. The van der Waals surface area contributed by atoms with Crippen LogP contribution in [0.15, 0.2) is 29.6 Å². The number of nitriles is 2. The van der Waals surface area contributed by atoms with E-state index in [1.54, 1.807) is 24.3 Å². The van der Waals surface area contributed by atoms with Gasteiger partial charge in [0.05, 0.1) is 10.0 Å². The number of benzene rings is 1. The van der Waals surface area contributed by atoms with Gasteiger partial charge in [-0.05, 0) is 17.7 Å². The number of hydrogen-bond acceptors (Lipinski definition) is 4. The quantitative estimate of drug-likeness (QED) is 0.823. The Labute approximate surface area is 109 Å². The van der Waals surface area contributed by atoms with Crippen LogP contribution in [0.25, 0.3) is 0 Å². The van der Waals surface area contributed by atoms with Crippen molar-refractivity contribution in [3.8, 4) is 12.1 Å². The molecule has 0 aliphatic heterocycles. The van der Waals surface area contributed by atoms with Crippen LogP contribution in [0, 0.1) is 22.7 Å². The molecule has 0 radical (unpaired) electrons. The van der Waals surface area contributed by atoms with Crippen LogP contribution in [0.1, 0.15) is 5.56 Å². The van der Waals surface area contributed by atoms with Gasteiger partial charge in [-0.2, -0.15) is 10.5 Å². The fourth-order valence-electron chi connectivity index (χ4n) is 1.09. The van der Waals surface area contributed by atoms with Gasteiger partial charge >= 0.3 is 0 Å². The minimum atomic E-state index is -0.146. The van der Waals surface area contributed by atoms with Gasteiger partial charge in [0.15, 0.2) is 0 Å². The fourth-order valence-corrected chi connectivity index (χ4v) is 1.41. The van der Waals surface area contributed by atoms with Crippen molar-refractivity contribution in [2.75, 3.05) is 0 Å². The molecule has 0 saturated carbocycles. The molecule has 0 aliphatic rings. The maximum Gasteiger partial charge on any atom is 0.148 e. The Morgan fingerprint density at radius 3 is 2.47 bits per heavy atom. The minimum Gasteiger partial charge on any atom is -0.388 e. The van der Waals surface area contributed by atoms with E-state index in [1.165, 1.54) is 0 Å². The van der Waals surface area contributed by atoms with Crippen LogP contribution in [-0.2, 0) is 6.54 Å². The molecule has 4 nitrogen and oxygen atoms in total. The van der Waals surface area contributed by atoms with E-state index in [-0.39, 0.29) is 11.4 Å². The first-order valence-electron chi connectivity index (χ1n) is 4.56. The second kappa shape index (κ2) is 6.00. The Hall–Kier alpha value is -1.88. The molecule has 86 valence electrons. The summed E-state index contributed by atoms with van der Waals surface area (Å²) < 4.78 is 0. The summed E-state index contributed by atoms with van der Waals surface area (Å²) in [5.74, 6) is 0. The van der Waals surface area contributed by atoms with Gasteiger partial charge in [0.1, 0.15) is 23.5 Å². The van der Waals surface area contributed by atoms with Gasteiger partial charge in [-0.3, -0.25) is 0 Å². The van der Waals surface area contributed by atoms with Crippen LogP contribution in [0.4, 0.5) is 0 Å². The van der Waals surface area contributed by atoms with Gasteiger partial charge in [0.25, 0.3) is 0 Å². The van der Waals surface area contributed by atoms with Crippen molar-refractivity contribution in [1.82, 2.24) is 5.32 Å². The van der Waals surface area contributed by atoms with E-state index in [1.807, 2.05) is 6.07 Å². The Morgan fingerprint density at radius 1 is 1.24 bits per heavy atom. The van der Waals surface area contributed by atoms with Crippen LogP contribution in [0.5, 0.6) is 0 Å². The molecular weight excluding hydrogens is 259 g/mol. The Kier molecular flexibility index (Phi) is 4.66. The summed E-state index contributed by atoms with van der Waals surface area (Å²) in [5.41, 5.74) is 6.06. The van der Waals surface area contributed by atoms with Crippen molar-refractivity contribution < 1.29 is 0 Å². The highest BCUT2D eigenvalue weighted by Gasteiger charge is 2.03. The SMILES string of the molecule is N#CC(N)=C(C#N)NCc1ccc(Cl)c(Cl)c1. The summed E-state index contributed by atoms with van der Waals surface area (Å²) in [5, 5.41) is 21.0. The molecule has 0 saturated heterocycles. The molecule has 3 N–H and O–H groups in total. The number of allylic oxidation sites excluding steroid dienone is 2. The van der Waals surface area contributed by atoms with E-state index in [0.717, 1.165) is 5.56 Å². The van der Waals surface area contributed by atoms with E-state index < -0.39 is 0 Å². The third-order valence-electron chi connectivity index (χ3n) is 1.95. The lowest BCUT2D eigenvalue weighted by atomic mass is 10.2. The monoisotopic (exact) mass is 266 g/mol. The lowest BCUT2D eigenvalue weighted by Gasteiger charge is -2.06. The smallest absolute Gasteiger partial charge is 0.148 e. The highest BCUT2D eigenvalue weighted by Crippen LogP contribution is 2.22. The Morgan fingerprint density at radius 2 is 1.94 bits per heavy atom. The molecule has 0 aromatic heterocycles. The van der Waals surface area contributed by atoms with Crippen LogP contribution in [0.3, 0.4) is 0 Å². The van der Waals surface area contributed by atoms with E-state index in [0.29, 0.717) is 16.6 Å². The summed E-state index contributed by atoms with van der Waals surface area (Å²) in [7, 11) is 0. The van der Waals surface area contributed by atoms with Crippen LogP contribution < -0.4 is 11.1 Å². The van der Waals surface area contributed by atoms with Crippen LogP contribution in [0.2, 0.25) is 10.0 Å². The molecule has 17 heavy (non-hydrogen) atoms. The molecule has 0 aliphatic carbocycles. The molecule has 0 bridgehead atoms. The second-order valence-electron chi connectivity index (χ2n) is 3.11. The third kappa shape index (κ3) is 3.57. The number of nitrogens with one attached hydrogen (secondary N) is 1. The number of halogens is 2. The van der Waals surface area contributed by atoms with E-state index in [9.17, 15) is 0 Å². The van der Waals surface area contributed by atoms with Gasteiger partial charge in [-0.15, -0.1) is 0 Å². The zero-order chi connectivity index (χ0) is 12.8. The first-order chi connectivity index (χ1) is 8.08. The maximum absolute atomic E-state index is 8.76. The zero-order valence-corrected chi connectivity index (χ0v) is 10.2. The van der Waals surface area contributed by atoms with Crippen molar-refractivity contribution in [3.05, 3.63) is 45.2 Å². The van der Waals surface area contributed by atoms with Gasteiger partial charge in [-0.1, -0.05) is 29.3 Å². The van der Waals surface area contributed by atoms with Crippen molar-refractivity contribution in [1.29, 1.82) is 10.5 Å². The average Bonchev–Trinajstić information content (AvgIpc) is 2.33. The molecule has 1 aromatic carbocycles. The molecule has 0 heterocycles. The van der Waals surface area contributed by atoms with E-state index in [4.69, 9.17) is 39.5 Å². The van der Waals surface area contributed by atoms with E-state index in [2.05, 4.69) is 5.32 Å². The third-order valence-corrected chi connectivity index (χ3v) is 2.69. The zero-order valence-electron chi connectivity index (χ0n) is 8.67. The fraction of sp³-hybridized carbons (Fsp3) is 0.0909. The van der Waals surface area contributed by atoms with Crippen LogP contribution >= 0.6 is 23.2 Å². The topological polar surface area (TPSA) is 85.6 Å². The molecule has 0 fully saturated rings. The number of rotatable bonds is 3. The Bertz CT molecular complexity index is 537. The van der Waals surface area contributed by atoms with Gasteiger partial charge < -0.3 is 11.1 Å². The molecule has 1 rings (SSSR count). The Balaban J connectivity index is 2.78. The standard InChI is InChI=1S/C11H8Cl2N4/c12-8-2-1-7(3-9(8)13)6-17-11(5-15)10(16)4-14/h1-3,17H,6,16H2. The second-order valence-corrected chi connectivity index (χ2v) is 3.93. The maximum atomic E-state index is 8.76. The molecule has 0 amide bonds. The average molecular weight is 267 g/mol. The lowest BCUT2D eigenvalue weighted by molar-refractivity contribution is 0.827. The largest absolute Gasteiger partial charge is 0.388 e. The molecule has 1 aromatic rings. The normalized spacial score (nSPS) is 11.1. The first kappa shape index (κ1) is 13.2. The van der Waals surface area contributed by atoms with Crippen LogP contribution in [-0.4, -0.2) is 0 Å². The van der Waals surface area contributed by atoms with Gasteiger partial charge in [-0.25, -0.2) is 0 Å². The highest BCUT2D eigenvalue weighted by molar-refractivity contribution is 6.42. The molecule has 0 atom stereocenters. The number of nitrogens with zero attached hydrogens (tertiary/aromatic N) is 2. The summed E-state index contributed by atoms with van der Waals surface area (Å²) in [6.07, 6.45) is 0. The number of nitrogens with two attached hydrogens (primary N) is 1. The molecule has 0 spiro atoms. The lowest BCUT2D eigenvalue weighted by Crippen LogP contribution is -2.16. The predicted molar refractivity (Wildman–Crippen MR) is 65.7 cm³/mol. The summed E-state index contributed by atoms with van der Waals surface area (Å²) in [4.78, 5) is 0. The molecular formula is C11H8Cl2N4. The predicted octanol–water partition coefficient (Wildman–Crippen LogP) is 2.30. The van der Waals surface area contributed by atoms with E-state index >= 15 is 0 Å². The number of hydrogen-bond donors (Lipinski definition) is 2. The van der Waals surface area contributed by atoms with Crippen molar-refractivity contribution in [2.24, 2.45) is 5.73 Å². The highest BCUT2D eigenvalue weighted by atomic mass is 35.5. The molecule has 0 unspecified atom stereocenters. The van der Waals surface area contributed by atoms with Gasteiger partial charge in [0, 0.05) is 6.54 Å². The summed E-state index contributed by atoms with van der Waals surface area (Å²) in [6, 6.07) is 8.60.